The lowest BCUT2D eigenvalue weighted by atomic mass is 9.99. The molecule has 0 unspecified atom stereocenters. The summed E-state index contributed by atoms with van der Waals surface area (Å²) in [5.74, 6) is 0.715. The van der Waals surface area contributed by atoms with E-state index >= 15 is 0 Å². The Labute approximate surface area is 150 Å². The molecule has 1 N–H and O–H groups in total. The molecule has 0 saturated carbocycles. The predicted octanol–water partition coefficient (Wildman–Crippen LogP) is 1.88. The second kappa shape index (κ2) is 8.48. The molecule has 2 aliphatic rings. The van der Waals surface area contributed by atoms with Gasteiger partial charge in [0.15, 0.2) is 0 Å². The standard InChI is InChI=1S/C20H29N3O2/c1-16-7-10-22(11-8-16)12-9-21-20(25)18-13-19(24)23(15-18)14-17-5-3-2-4-6-17/h2-6,16,18H,7-15H2,1H3,(H,21,25)/t18-/m0/s1. The Hall–Kier alpha value is -1.88. The third-order valence-electron chi connectivity index (χ3n) is 5.41. The van der Waals surface area contributed by atoms with E-state index in [2.05, 4.69) is 17.1 Å². The summed E-state index contributed by atoms with van der Waals surface area (Å²) in [6.45, 7) is 7.27. The molecule has 5 heteroatoms. The van der Waals surface area contributed by atoms with E-state index in [1.807, 2.05) is 30.3 Å². The summed E-state index contributed by atoms with van der Waals surface area (Å²) in [7, 11) is 0. The van der Waals surface area contributed by atoms with Crippen molar-refractivity contribution in [3.05, 3.63) is 35.9 Å². The molecule has 1 aromatic rings. The van der Waals surface area contributed by atoms with Crippen LogP contribution >= 0.6 is 0 Å². The van der Waals surface area contributed by atoms with Crippen LogP contribution in [0, 0.1) is 11.8 Å². The van der Waals surface area contributed by atoms with Crippen LogP contribution in [0.1, 0.15) is 31.7 Å². The van der Waals surface area contributed by atoms with E-state index in [1.54, 1.807) is 4.90 Å². The maximum Gasteiger partial charge on any atom is 0.225 e. The molecule has 25 heavy (non-hydrogen) atoms. The van der Waals surface area contributed by atoms with Gasteiger partial charge in [-0.25, -0.2) is 0 Å². The van der Waals surface area contributed by atoms with Crippen molar-refractivity contribution in [1.82, 2.24) is 15.1 Å². The summed E-state index contributed by atoms with van der Waals surface area (Å²) >= 11 is 0. The maximum atomic E-state index is 12.4. The summed E-state index contributed by atoms with van der Waals surface area (Å²) in [6.07, 6.45) is 2.83. The highest BCUT2D eigenvalue weighted by Gasteiger charge is 2.34. The molecule has 1 atom stereocenters. The molecule has 0 aliphatic carbocycles. The molecule has 2 amide bonds. The van der Waals surface area contributed by atoms with Crippen molar-refractivity contribution in [2.75, 3.05) is 32.7 Å². The van der Waals surface area contributed by atoms with Gasteiger partial charge in [0.05, 0.1) is 5.92 Å². The number of nitrogens with zero attached hydrogens (tertiary/aromatic N) is 2. The minimum absolute atomic E-state index is 0.0225. The third-order valence-corrected chi connectivity index (χ3v) is 5.41. The van der Waals surface area contributed by atoms with Gasteiger partial charge < -0.3 is 15.1 Å². The quantitative estimate of drug-likeness (QED) is 0.858. The van der Waals surface area contributed by atoms with Crippen molar-refractivity contribution in [2.45, 2.75) is 32.7 Å². The van der Waals surface area contributed by atoms with E-state index in [0.29, 0.717) is 26.1 Å². The second-order valence-electron chi connectivity index (χ2n) is 7.48. The summed E-state index contributed by atoms with van der Waals surface area (Å²) in [6, 6.07) is 9.94. The Morgan fingerprint density at radius 2 is 1.92 bits per heavy atom. The van der Waals surface area contributed by atoms with Crippen molar-refractivity contribution in [3.63, 3.8) is 0 Å². The van der Waals surface area contributed by atoms with Gasteiger partial charge in [-0.3, -0.25) is 9.59 Å². The highest BCUT2D eigenvalue weighted by Crippen LogP contribution is 2.20. The molecule has 2 saturated heterocycles. The normalized spacial score (nSPS) is 22.4. The van der Waals surface area contributed by atoms with Crippen LogP contribution in [-0.4, -0.2) is 54.3 Å². The summed E-state index contributed by atoms with van der Waals surface area (Å²) in [5, 5.41) is 3.03. The first-order valence-corrected chi connectivity index (χ1v) is 9.43. The monoisotopic (exact) mass is 343 g/mol. The van der Waals surface area contributed by atoms with E-state index in [9.17, 15) is 9.59 Å². The number of amides is 2. The van der Waals surface area contributed by atoms with Crippen LogP contribution < -0.4 is 5.32 Å². The van der Waals surface area contributed by atoms with Crippen molar-refractivity contribution in [3.8, 4) is 0 Å². The van der Waals surface area contributed by atoms with E-state index in [4.69, 9.17) is 0 Å². The molecule has 1 aromatic carbocycles. The van der Waals surface area contributed by atoms with Gasteiger partial charge in [-0.1, -0.05) is 37.3 Å². The van der Waals surface area contributed by atoms with Crippen LogP contribution in [0.5, 0.6) is 0 Å². The van der Waals surface area contributed by atoms with Gasteiger partial charge in [0.2, 0.25) is 11.8 Å². The summed E-state index contributed by atoms with van der Waals surface area (Å²) in [4.78, 5) is 28.8. The third kappa shape index (κ3) is 5.05. The average Bonchev–Trinajstić information content (AvgIpc) is 2.98. The highest BCUT2D eigenvalue weighted by molar-refractivity contribution is 5.89. The number of carbonyl (C=O) groups is 2. The lowest BCUT2D eigenvalue weighted by Crippen LogP contribution is -2.41. The molecular formula is C20H29N3O2. The first-order valence-electron chi connectivity index (χ1n) is 9.43. The topological polar surface area (TPSA) is 52.7 Å². The number of piperidine rings is 1. The van der Waals surface area contributed by atoms with Crippen LogP contribution in [0.4, 0.5) is 0 Å². The predicted molar refractivity (Wildman–Crippen MR) is 97.8 cm³/mol. The van der Waals surface area contributed by atoms with Crippen LogP contribution in [-0.2, 0) is 16.1 Å². The average molecular weight is 343 g/mol. The number of benzene rings is 1. The molecule has 0 aromatic heterocycles. The van der Waals surface area contributed by atoms with Gasteiger partial charge in [0, 0.05) is 32.6 Å². The van der Waals surface area contributed by atoms with Crippen LogP contribution in [0.25, 0.3) is 0 Å². The Balaban J connectivity index is 1.40. The molecule has 0 bridgehead atoms. The fourth-order valence-corrected chi connectivity index (χ4v) is 3.67. The van der Waals surface area contributed by atoms with Gasteiger partial charge >= 0.3 is 0 Å². The van der Waals surface area contributed by atoms with E-state index in [0.717, 1.165) is 31.1 Å². The van der Waals surface area contributed by atoms with Gasteiger partial charge in [-0.05, 0) is 37.4 Å². The Morgan fingerprint density at radius 3 is 2.64 bits per heavy atom. The molecule has 0 radical (unpaired) electrons. The minimum atomic E-state index is -0.211. The van der Waals surface area contributed by atoms with E-state index < -0.39 is 0 Å². The lowest BCUT2D eigenvalue weighted by Gasteiger charge is -2.30. The van der Waals surface area contributed by atoms with Crippen molar-refractivity contribution in [2.24, 2.45) is 11.8 Å². The van der Waals surface area contributed by atoms with E-state index in [1.165, 1.54) is 12.8 Å². The zero-order valence-corrected chi connectivity index (χ0v) is 15.1. The minimum Gasteiger partial charge on any atom is -0.355 e. The van der Waals surface area contributed by atoms with Crippen molar-refractivity contribution < 1.29 is 9.59 Å². The molecule has 3 rings (SSSR count). The maximum absolute atomic E-state index is 12.4. The second-order valence-corrected chi connectivity index (χ2v) is 7.48. The van der Waals surface area contributed by atoms with Crippen molar-refractivity contribution >= 4 is 11.8 Å². The Morgan fingerprint density at radius 1 is 1.20 bits per heavy atom. The largest absolute Gasteiger partial charge is 0.355 e. The fraction of sp³-hybridized carbons (Fsp3) is 0.600. The molecular weight excluding hydrogens is 314 g/mol. The van der Waals surface area contributed by atoms with E-state index in [-0.39, 0.29) is 17.7 Å². The number of hydrogen-bond acceptors (Lipinski definition) is 3. The molecule has 2 fully saturated rings. The Kier molecular flexibility index (Phi) is 6.08. The molecule has 2 heterocycles. The first-order chi connectivity index (χ1) is 12.1. The number of likely N-dealkylation sites (tertiary alicyclic amines) is 2. The van der Waals surface area contributed by atoms with Gasteiger partial charge in [0.1, 0.15) is 0 Å². The molecule has 5 nitrogen and oxygen atoms in total. The SMILES string of the molecule is CC1CCN(CCNC(=O)[C@H]2CC(=O)N(Cc3ccccc3)C2)CC1. The van der Waals surface area contributed by atoms with Crippen molar-refractivity contribution in [1.29, 1.82) is 0 Å². The Bertz CT molecular complexity index is 582. The first kappa shape index (κ1) is 17.9. The number of carbonyl (C=O) groups excluding carboxylic acids is 2. The van der Waals surface area contributed by atoms with Gasteiger partial charge in [-0.15, -0.1) is 0 Å². The van der Waals surface area contributed by atoms with Gasteiger partial charge in [0.25, 0.3) is 0 Å². The van der Waals surface area contributed by atoms with Crippen LogP contribution in [0.3, 0.4) is 0 Å². The highest BCUT2D eigenvalue weighted by atomic mass is 16.2. The van der Waals surface area contributed by atoms with Crippen LogP contribution in [0.2, 0.25) is 0 Å². The summed E-state index contributed by atoms with van der Waals surface area (Å²) in [5.41, 5.74) is 1.11. The van der Waals surface area contributed by atoms with Crippen LogP contribution in [0.15, 0.2) is 30.3 Å². The fourth-order valence-electron chi connectivity index (χ4n) is 3.67. The molecule has 136 valence electrons. The zero-order chi connectivity index (χ0) is 17.6. The molecule has 2 aliphatic heterocycles. The number of rotatable bonds is 6. The van der Waals surface area contributed by atoms with Gasteiger partial charge in [-0.2, -0.15) is 0 Å². The number of nitrogens with one attached hydrogen (secondary N) is 1. The zero-order valence-electron chi connectivity index (χ0n) is 15.1. The number of hydrogen-bond donors (Lipinski definition) is 1. The lowest BCUT2D eigenvalue weighted by molar-refractivity contribution is -0.129. The molecule has 0 spiro atoms. The summed E-state index contributed by atoms with van der Waals surface area (Å²) < 4.78 is 0. The smallest absolute Gasteiger partial charge is 0.225 e.